The summed E-state index contributed by atoms with van der Waals surface area (Å²) in [6.07, 6.45) is 1.61. The molecule has 0 bridgehead atoms. The Labute approximate surface area is 328 Å². The van der Waals surface area contributed by atoms with Crippen LogP contribution >= 0.6 is 8.09 Å². The lowest BCUT2D eigenvalue weighted by Gasteiger charge is -2.27. The molecule has 9 aromatic rings. The number of hydrogen-bond acceptors (Lipinski definition) is 5. The van der Waals surface area contributed by atoms with E-state index in [9.17, 15) is 8.78 Å². The van der Waals surface area contributed by atoms with E-state index in [0.717, 1.165) is 66.1 Å². The van der Waals surface area contributed by atoms with Gasteiger partial charge in [0.2, 0.25) is 0 Å². The van der Waals surface area contributed by atoms with Crippen LogP contribution in [0.5, 0.6) is 11.5 Å². The molecule has 0 amide bonds. The lowest BCUT2D eigenvalue weighted by atomic mass is 9.86. The molecule has 0 spiro atoms. The highest BCUT2D eigenvalue weighted by Gasteiger charge is 2.43. The maximum atomic E-state index is 15.5. The number of rotatable bonds is 6. The molecular formula is C49H31F2N2O3P. The minimum absolute atomic E-state index is 0.296. The van der Waals surface area contributed by atoms with Gasteiger partial charge in [0.1, 0.15) is 11.6 Å². The Morgan fingerprint density at radius 2 is 0.842 bits per heavy atom. The van der Waals surface area contributed by atoms with Crippen molar-refractivity contribution in [2.45, 2.75) is 0 Å². The highest BCUT2D eigenvalue weighted by Crippen LogP contribution is 2.64. The van der Waals surface area contributed by atoms with Crippen LogP contribution < -0.4 is 19.0 Å². The van der Waals surface area contributed by atoms with Crippen molar-refractivity contribution in [2.24, 2.45) is 0 Å². The molecule has 57 heavy (non-hydrogen) atoms. The van der Waals surface area contributed by atoms with Crippen LogP contribution in [-0.2, 0) is 0 Å². The van der Waals surface area contributed by atoms with Crippen molar-refractivity contribution < 1.29 is 22.7 Å². The lowest BCUT2D eigenvalue weighted by molar-refractivity contribution is -0.200. The molecule has 1 aliphatic rings. The fourth-order valence-corrected chi connectivity index (χ4v) is 9.02. The zero-order valence-electron chi connectivity index (χ0n) is 30.2. The van der Waals surface area contributed by atoms with Crippen LogP contribution in [0.1, 0.15) is 0 Å². The third-order valence-electron chi connectivity index (χ3n) is 10.3. The Hall–Kier alpha value is -6.92. The van der Waals surface area contributed by atoms with Crippen LogP contribution in [-0.4, -0.2) is 4.98 Å². The molecule has 1 aliphatic heterocycles. The number of benzene rings is 8. The monoisotopic (exact) mass is 764 g/mol. The van der Waals surface area contributed by atoms with E-state index in [0.29, 0.717) is 28.4 Å². The Morgan fingerprint density at radius 3 is 1.26 bits per heavy atom. The van der Waals surface area contributed by atoms with Gasteiger partial charge >= 0.3 is 8.09 Å². The molecule has 10 rings (SSSR count). The lowest BCUT2D eigenvalue weighted by Crippen LogP contribution is -2.27. The smallest absolute Gasteiger partial charge is 0.433 e. The minimum Gasteiger partial charge on any atom is -0.597 e. The molecule has 0 fully saturated rings. The highest BCUT2D eigenvalue weighted by atomic mass is 31.2. The summed E-state index contributed by atoms with van der Waals surface area (Å²) in [7, 11) is -4.30. The average molecular weight is 765 g/mol. The predicted molar refractivity (Wildman–Crippen MR) is 225 cm³/mol. The maximum Gasteiger partial charge on any atom is 0.433 e. The van der Waals surface area contributed by atoms with E-state index in [1.807, 2.05) is 84.9 Å². The fourth-order valence-electron chi connectivity index (χ4n) is 7.62. The normalized spacial score (nSPS) is 12.9. The summed E-state index contributed by atoms with van der Waals surface area (Å²) in [6, 6.07) is 54.3. The van der Waals surface area contributed by atoms with Crippen molar-refractivity contribution in [1.82, 2.24) is 4.98 Å². The highest BCUT2D eigenvalue weighted by molar-refractivity contribution is 7.61. The molecule has 0 unspecified atom stereocenters. The number of hydrogen-bond donors (Lipinski definition) is 1. The number of aromatic nitrogens is 1. The van der Waals surface area contributed by atoms with Crippen LogP contribution in [0, 0.1) is 11.6 Å². The van der Waals surface area contributed by atoms with Gasteiger partial charge in [0.25, 0.3) is 0 Å². The van der Waals surface area contributed by atoms with Crippen LogP contribution in [0.15, 0.2) is 182 Å². The summed E-state index contributed by atoms with van der Waals surface area (Å²) < 4.78 is 41.1. The van der Waals surface area contributed by atoms with Gasteiger partial charge in [-0.05, 0) is 103 Å². The quantitative estimate of drug-likeness (QED) is 0.171. The first-order chi connectivity index (χ1) is 27.9. The molecule has 0 aliphatic carbocycles. The fraction of sp³-hybridized carbons (Fsp3) is 0. The van der Waals surface area contributed by atoms with E-state index in [-0.39, 0.29) is 11.6 Å². The van der Waals surface area contributed by atoms with Crippen LogP contribution in [0.2, 0.25) is 0 Å². The van der Waals surface area contributed by atoms with Gasteiger partial charge in [-0.1, -0.05) is 127 Å². The summed E-state index contributed by atoms with van der Waals surface area (Å²) in [6.45, 7) is 0. The third-order valence-corrected chi connectivity index (χ3v) is 11.7. The molecule has 5 nitrogen and oxygen atoms in total. The van der Waals surface area contributed by atoms with Gasteiger partial charge in [-0.3, -0.25) is 9.05 Å². The third kappa shape index (κ3) is 6.43. The van der Waals surface area contributed by atoms with Gasteiger partial charge in [0, 0.05) is 28.5 Å². The number of nitrogens with zero attached hydrogens (tertiary/aromatic N) is 1. The van der Waals surface area contributed by atoms with Crippen LogP contribution in [0.3, 0.4) is 0 Å². The van der Waals surface area contributed by atoms with Crippen LogP contribution in [0.25, 0.3) is 77.2 Å². The van der Waals surface area contributed by atoms with E-state index in [4.69, 9.17) is 9.05 Å². The van der Waals surface area contributed by atoms with Gasteiger partial charge in [-0.25, -0.2) is 13.8 Å². The Kier molecular flexibility index (Phi) is 8.48. The molecule has 8 aromatic carbocycles. The standard InChI is InChI=1S/C49H31F2N2O3P/c50-39-24-20-33(21-25-39)31-12-16-35(17-13-31)43-29-37-7-1-3-9-41(37)46-47-42-10-4-2-8-38(42)30-44(36-18-14-32(15-19-36)34-22-26-40(51)27-23-34)49(47)56-57(54,55-48(43)46)53-45-11-5-6-28-52-45/h1-30H,(H,52,53,54). The maximum absolute atomic E-state index is 15.5. The van der Waals surface area contributed by atoms with Gasteiger partial charge in [-0.15, -0.1) is 0 Å². The first-order valence-electron chi connectivity index (χ1n) is 18.4. The van der Waals surface area contributed by atoms with Crippen molar-refractivity contribution in [1.29, 1.82) is 0 Å². The van der Waals surface area contributed by atoms with E-state index in [2.05, 4.69) is 34.3 Å². The van der Waals surface area contributed by atoms with Gasteiger partial charge < -0.3 is 4.89 Å². The second-order valence-electron chi connectivity index (χ2n) is 13.9. The Morgan fingerprint density at radius 1 is 0.456 bits per heavy atom. The first kappa shape index (κ1) is 34.6. The first-order valence-corrected chi connectivity index (χ1v) is 20.0. The van der Waals surface area contributed by atoms with E-state index in [1.165, 1.54) is 24.3 Å². The molecule has 0 saturated carbocycles. The molecule has 1 aromatic heterocycles. The summed E-state index contributed by atoms with van der Waals surface area (Å²) in [5.74, 6) is 0.513. The molecule has 1 N–H and O–H groups in total. The van der Waals surface area contributed by atoms with Crippen molar-refractivity contribution in [3.63, 3.8) is 0 Å². The minimum atomic E-state index is -4.30. The largest absolute Gasteiger partial charge is 0.597 e. The number of anilines is 1. The molecular weight excluding hydrogens is 734 g/mol. The molecule has 2 heterocycles. The molecule has 274 valence electrons. The van der Waals surface area contributed by atoms with Crippen molar-refractivity contribution in [3.8, 4) is 67.1 Å². The second kappa shape index (κ2) is 14.0. The number of pyridine rings is 1. The van der Waals surface area contributed by atoms with Gasteiger partial charge in [-0.2, -0.15) is 5.09 Å². The second-order valence-corrected chi connectivity index (χ2v) is 15.5. The van der Waals surface area contributed by atoms with Gasteiger partial charge in [0.05, 0.1) is 0 Å². The zero-order valence-corrected chi connectivity index (χ0v) is 31.1. The predicted octanol–water partition coefficient (Wildman–Crippen LogP) is 12.9. The Bertz CT molecular complexity index is 2760. The molecule has 0 atom stereocenters. The Balaban J connectivity index is 1.24. The SMILES string of the molecule is [O-][P+]1(Nc2ccccn2)Oc2c(-c3ccc(-c4ccc(F)cc4)cc3)cc3ccccc3c2-c2c(c(-c3ccc(-c4ccc(F)cc4)cc3)cc3ccccc23)O1. The molecule has 0 radical (unpaired) electrons. The molecule has 8 heteroatoms. The number of fused-ring (bicyclic) bond motifs is 7. The summed E-state index contributed by atoms with van der Waals surface area (Å²) >= 11 is 0. The summed E-state index contributed by atoms with van der Waals surface area (Å²) in [5, 5.41) is 6.74. The van der Waals surface area contributed by atoms with Crippen molar-refractivity contribution >= 4 is 35.5 Å². The molecule has 0 saturated heterocycles. The number of nitrogens with one attached hydrogen (secondary N) is 1. The van der Waals surface area contributed by atoms with Crippen LogP contribution in [0.4, 0.5) is 14.6 Å². The van der Waals surface area contributed by atoms with E-state index >= 15 is 4.89 Å². The number of halogens is 2. The summed E-state index contributed by atoms with van der Waals surface area (Å²) in [5.41, 5.74) is 8.16. The van der Waals surface area contributed by atoms with Crippen molar-refractivity contribution in [3.05, 3.63) is 194 Å². The zero-order chi connectivity index (χ0) is 38.5. The summed E-state index contributed by atoms with van der Waals surface area (Å²) in [4.78, 5) is 19.9. The topological polar surface area (TPSA) is 66.4 Å². The van der Waals surface area contributed by atoms with E-state index in [1.54, 1.807) is 48.7 Å². The average Bonchev–Trinajstić information content (AvgIpc) is 3.38. The van der Waals surface area contributed by atoms with Crippen molar-refractivity contribution in [2.75, 3.05) is 5.09 Å². The van der Waals surface area contributed by atoms with Gasteiger partial charge in [0.15, 0.2) is 17.3 Å². The van der Waals surface area contributed by atoms with E-state index < -0.39 is 8.09 Å².